The van der Waals surface area contributed by atoms with E-state index in [1.54, 1.807) is 0 Å². The van der Waals surface area contributed by atoms with Crippen LogP contribution in [0.3, 0.4) is 0 Å². The number of amides is 2. The fraction of sp³-hybridized carbons (Fsp3) is 0.500. The molecule has 4 heteroatoms. The number of nitrogens with zero attached hydrogens (tertiary/aromatic N) is 2. The van der Waals surface area contributed by atoms with Crippen LogP contribution in [0.1, 0.15) is 49.3 Å². The van der Waals surface area contributed by atoms with Gasteiger partial charge in [0.2, 0.25) is 0 Å². The number of carbonyl (C=O) groups is 2. The molecular weight excluding hydrogens is 300 g/mol. The highest BCUT2D eigenvalue weighted by atomic mass is 16.2. The smallest absolute Gasteiger partial charge is 0.277 e. The molecule has 0 atom stereocenters. The molecule has 4 nitrogen and oxygen atoms in total. The van der Waals surface area contributed by atoms with Gasteiger partial charge in [0, 0.05) is 19.6 Å². The van der Waals surface area contributed by atoms with Crippen molar-refractivity contribution < 1.29 is 9.59 Å². The van der Waals surface area contributed by atoms with Crippen LogP contribution in [0.2, 0.25) is 0 Å². The maximum absolute atomic E-state index is 13.0. The number of hydrogen-bond acceptors (Lipinski definition) is 3. The summed E-state index contributed by atoms with van der Waals surface area (Å²) in [5.74, 6) is -0.234. The van der Waals surface area contributed by atoms with Crippen LogP contribution in [0.25, 0.3) is 5.57 Å². The third-order valence-electron chi connectivity index (χ3n) is 5.10. The van der Waals surface area contributed by atoms with Gasteiger partial charge in [0.1, 0.15) is 5.70 Å². The SMILES string of the molecule is CCCCN1C(=O)C(c2ccc(C)c(C)c2)=C(N2CCCC2)C1=O. The van der Waals surface area contributed by atoms with Gasteiger partial charge < -0.3 is 4.90 Å². The van der Waals surface area contributed by atoms with Crippen molar-refractivity contribution in [1.82, 2.24) is 9.80 Å². The summed E-state index contributed by atoms with van der Waals surface area (Å²) in [4.78, 5) is 29.5. The van der Waals surface area contributed by atoms with E-state index in [1.807, 2.05) is 25.1 Å². The molecule has 0 unspecified atom stereocenters. The topological polar surface area (TPSA) is 40.6 Å². The molecule has 0 aliphatic carbocycles. The number of unbranched alkanes of at least 4 members (excludes halogenated alkanes) is 1. The van der Waals surface area contributed by atoms with Crippen LogP contribution in [0.15, 0.2) is 23.9 Å². The van der Waals surface area contributed by atoms with Gasteiger partial charge in [-0.1, -0.05) is 31.5 Å². The molecule has 1 aromatic rings. The molecule has 0 aromatic heterocycles. The zero-order valence-electron chi connectivity index (χ0n) is 14.9. The lowest BCUT2D eigenvalue weighted by molar-refractivity contribution is -0.137. The van der Waals surface area contributed by atoms with Crippen LogP contribution < -0.4 is 0 Å². The van der Waals surface area contributed by atoms with Gasteiger partial charge in [0.15, 0.2) is 0 Å². The van der Waals surface area contributed by atoms with E-state index < -0.39 is 0 Å². The van der Waals surface area contributed by atoms with E-state index in [2.05, 4.69) is 18.7 Å². The Bertz CT molecular complexity index is 700. The Labute approximate surface area is 144 Å². The second kappa shape index (κ2) is 6.80. The predicted octanol–water partition coefficient (Wildman–Crippen LogP) is 3.28. The minimum Gasteiger partial charge on any atom is -0.366 e. The molecule has 1 fully saturated rings. The Morgan fingerprint density at radius 1 is 1.00 bits per heavy atom. The van der Waals surface area contributed by atoms with Crippen LogP contribution >= 0.6 is 0 Å². The van der Waals surface area contributed by atoms with Crippen LogP contribution in [0.5, 0.6) is 0 Å². The first kappa shape index (κ1) is 16.7. The van der Waals surface area contributed by atoms with Crippen molar-refractivity contribution >= 4 is 17.4 Å². The lowest BCUT2D eigenvalue weighted by atomic mass is 9.99. The summed E-state index contributed by atoms with van der Waals surface area (Å²) in [6.07, 6.45) is 3.99. The largest absolute Gasteiger partial charge is 0.366 e. The molecule has 2 amide bonds. The molecule has 0 saturated carbocycles. The Morgan fingerprint density at radius 3 is 2.33 bits per heavy atom. The normalized spacial score (nSPS) is 18.3. The summed E-state index contributed by atoms with van der Waals surface area (Å²) in [5.41, 5.74) is 4.44. The van der Waals surface area contributed by atoms with Gasteiger partial charge in [0.25, 0.3) is 11.8 Å². The monoisotopic (exact) mass is 326 g/mol. The lowest BCUT2D eigenvalue weighted by Crippen LogP contribution is -2.35. The number of imide groups is 1. The highest BCUT2D eigenvalue weighted by molar-refractivity contribution is 6.35. The first-order valence-corrected chi connectivity index (χ1v) is 8.97. The Balaban J connectivity index is 2.06. The maximum Gasteiger partial charge on any atom is 0.277 e. The average molecular weight is 326 g/mol. The number of aryl methyl sites for hydroxylation is 2. The van der Waals surface area contributed by atoms with Gasteiger partial charge in [-0.05, 0) is 49.8 Å². The van der Waals surface area contributed by atoms with Crippen molar-refractivity contribution in [3.63, 3.8) is 0 Å². The number of likely N-dealkylation sites (tertiary alicyclic amines) is 1. The van der Waals surface area contributed by atoms with E-state index in [9.17, 15) is 9.59 Å². The number of hydrogen-bond donors (Lipinski definition) is 0. The van der Waals surface area contributed by atoms with E-state index in [0.717, 1.165) is 49.9 Å². The first-order valence-electron chi connectivity index (χ1n) is 8.97. The lowest BCUT2D eigenvalue weighted by Gasteiger charge is -2.20. The quantitative estimate of drug-likeness (QED) is 0.780. The second-order valence-electron chi connectivity index (χ2n) is 6.83. The third kappa shape index (κ3) is 2.85. The third-order valence-corrected chi connectivity index (χ3v) is 5.10. The molecular formula is C20H26N2O2. The highest BCUT2D eigenvalue weighted by Crippen LogP contribution is 2.34. The standard InChI is InChI=1S/C20H26N2O2/c1-4-5-12-22-19(23)17(16-9-8-14(2)15(3)13-16)18(20(22)24)21-10-6-7-11-21/h8-9,13H,4-7,10-12H2,1-3H3. The van der Waals surface area contributed by atoms with Gasteiger partial charge in [0.05, 0.1) is 5.57 Å². The van der Waals surface area contributed by atoms with E-state index in [1.165, 1.54) is 10.5 Å². The van der Waals surface area contributed by atoms with Crippen molar-refractivity contribution in [3.8, 4) is 0 Å². The summed E-state index contributed by atoms with van der Waals surface area (Å²) in [7, 11) is 0. The first-order chi connectivity index (χ1) is 11.5. The van der Waals surface area contributed by atoms with Crippen LogP contribution in [-0.4, -0.2) is 41.2 Å². The summed E-state index contributed by atoms with van der Waals surface area (Å²) >= 11 is 0. The molecule has 128 valence electrons. The number of benzene rings is 1. The minimum absolute atomic E-state index is 0.108. The zero-order valence-corrected chi connectivity index (χ0v) is 14.9. The van der Waals surface area contributed by atoms with Crippen molar-refractivity contribution in [3.05, 3.63) is 40.6 Å². The van der Waals surface area contributed by atoms with Crippen LogP contribution in [-0.2, 0) is 9.59 Å². The number of carbonyl (C=O) groups excluding carboxylic acids is 2. The van der Waals surface area contributed by atoms with Gasteiger partial charge >= 0.3 is 0 Å². The molecule has 2 heterocycles. The van der Waals surface area contributed by atoms with Crippen LogP contribution in [0.4, 0.5) is 0 Å². The molecule has 0 bridgehead atoms. The van der Waals surface area contributed by atoms with Gasteiger partial charge in [-0.3, -0.25) is 14.5 Å². The predicted molar refractivity (Wildman–Crippen MR) is 95.3 cm³/mol. The van der Waals surface area contributed by atoms with Crippen LogP contribution in [0, 0.1) is 13.8 Å². The Morgan fingerprint density at radius 2 is 1.71 bits per heavy atom. The summed E-state index contributed by atoms with van der Waals surface area (Å²) in [6, 6.07) is 6.04. The average Bonchev–Trinajstić information content (AvgIpc) is 3.16. The van der Waals surface area contributed by atoms with Crippen molar-refractivity contribution in [1.29, 1.82) is 0 Å². The molecule has 0 radical (unpaired) electrons. The van der Waals surface area contributed by atoms with Crippen molar-refractivity contribution in [2.45, 2.75) is 46.5 Å². The summed E-state index contributed by atoms with van der Waals surface area (Å²) < 4.78 is 0. The Hall–Kier alpha value is -2.10. The van der Waals surface area contributed by atoms with Gasteiger partial charge in [-0.15, -0.1) is 0 Å². The van der Waals surface area contributed by atoms with Crippen molar-refractivity contribution in [2.75, 3.05) is 19.6 Å². The summed E-state index contributed by atoms with van der Waals surface area (Å²) in [6.45, 7) is 8.42. The van der Waals surface area contributed by atoms with Gasteiger partial charge in [-0.25, -0.2) is 0 Å². The van der Waals surface area contributed by atoms with Crippen molar-refractivity contribution in [2.24, 2.45) is 0 Å². The number of rotatable bonds is 5. The van der Waals surface area contributed by atoms with E-state index >= 15 is 0 Å². The van der Waals surface area contributed by atoms with E-state index in [-0.39, 0.29) is 11.8 Å². The van der Waals surface area contributed by atoms with Gasteiger partial charge in [-0.2, -0.15) is 0 Å². The molecule has 1 aromatic carbocycles. The molecule has 3 rings (SSSR count). The molecule has 2 aliphatic heterocycles. The molecule has 1 saturated heterocycles. The van der Waals surface area contributed by atoms with E-state index in [0.29, 0.717) is 17.8 Å². The fourth-order valence-corrected chi connectivity index (χ4v) is 3.47. The maximum atomic E-state index is 13.0. The van der Waals surface area contributed by atoms with E-state index in [4.69, 9.17) is 0 Å². The molecule has 24 heavy (non-hydrogen) atoms. The highest BCUT2D eigenvalue weighted by Gasteiger charge is 2.41. The Kier molecular flexibility index (Phi) is 4.74. The minimum atomic E-state index is -0.126. The summed E-state index contributed by atoms with van der Waals surface area (Å²) in [5, 5.41) is 0. The molecule has 0 spiro atoms. The second-order valence-corrected chi connectivity index (χ2v) is 6.83. The molecule has 2 aliphatic rings. The fourth-order valence-electron chi connectivity index (χ4n) is 3.47. The zero-order chi connectivity index (χ0) is 17.3. The molecule has 0 N–H and O–H groups in total.